The number of carbonyl (C=O) groups is 1. The van der Waals surface area contributed by atoms with Crippen molar-refractivity contribution >= 4 is 22.2 Å². The number of carbonyl (C=O) groups excluding carboxylic acids is 1. The Bertz CT molecular complexity index is 851. The third-order valence-electron chi connectivity index (χ3n) is 4.65. The minimum absolute atomic E-state index is 0.0926. The number of thiophene rings is 1. The SMILES string of the molecule is COc1ccc(OC)c(CCC(=O)Nc2sc3c(c2C#N)CCCC3)c1. The molecule has 26 heavy (non-hydrogen) atoms. The predicted molar refractivity (Wildman–Crippen MR) is 102 cm³/mol. The Kier molecular flexibility index (Phi) is 5.79. The minimum atomic E-state index is -0.0926. The lowest BCUT2D eigenvalue weighted by Gasteiger charge is -2.10. The van der Waals surface area contributed by atoms with Crippen molar-refractivity contribution in [1.82, 2.24) is 0 Å². The van der Waals surface area contributed by atoms with Gasteiger partial charge in [-0.05, 0) is 61.4 Å². The quantitative estimate of drug-likeness (QED) is 0.831. The standard InChI is InChI=1S/C20H22N2O3S/c1-24-14-8-9-17(25-2)13(11-14)7-10-19(23)22-20-16(12-21)15-5-3-4-6-18(15)26-20/h8-9,11H,3-7,10H2,1-2H3,(H,22,23). The molecule has 1 aromatic carbocycles. The number of anilines is 1. The molecule has 1 aliphatic carbocycles. The molecule has 1 amide bonds. The van der Waals surface area contributed by atoms with E-state index in [1.54, 1.807) is 25.6 Å². The van der Waals surface area contributed by atoms with Gasteiger partial charge in [-0.15, -0.1) is 11.3 Å². The highest BCUT2D eigenvalue weighted by Gasteiger charge is 2.21. The summed E-state index contributed by atoms with van der Waals surface area (Å²) in [7, 11) is 3.22. The Hall–Kier alpha value is -2.52. The van der Waals surface area contributed by atoms with E-state index in [4.69, 9.17) is 9.47 Å². The van der Waals surface area contributed by atoms with Crippen LogP contribution in [0.25, 0.3) is 0 Å². The lowest BCUT2D eigenvalue weighted by Crippen LogP contribution is -2.12. The number of hydrogen-bond acceptors (Lipinski definition) is 5. The van der Waals surface area contributed by atoms with E-state index in [9.17, 15) is 10.1 Å². The molecule has 0 bridgehead atoms. The van der Waals surface area contributed by atoms with Gasteiger partial charge in [0, 0.05) is 11.3 Å². The number of fused-ring (bicyclic) bond motifs is 1. The van der Waals surface area contributed by atoms with Crippen molar-refractivity contribution in [3.63, 3.8) is 0 Å². The molecule has 1 N–H and O–H groups in total. The van der Waals surface area contributed by atoms with Gasteiger partial charge in [0.25, 0.3) is 0 Å². The Morgan fingerprint density at radius 1 is 1.27 bits per heavy atom. The van der Waals surface area contributed by atoms with E-state index in [-0.39, 0.29) is 5.91 Å². The minimum Gasteiger partial charge on any atom is -0.497 e. The molecule has 0 spiro atoms. The second kappa shape index (κ2) is 8.24. The molecule has 0 atom stereocenters. The molecule has 3 rings (SSSR count). The van der Waals surface area contributed by atoms with E-state index < -0.39 is 0 Å². The van der Waals surface area contributed by atoms with E-state index in [0.29, 0.717) is 23.4 Å². The number of nitriles is 1. The monoisotopic (exact) mass is 370 g/mol. The molecule has 0 saturated carbocycles. The van der Waals surface area contributed by atoms with Gasteiger partial charge in [0.15, 0.2) is 0 Å². The summed E-state index contributed by atoms with van der Waals surface area (Å²) < 4.78 is 10.6. The van der Waals surface area contributed by atoms with Gasteiger partial charge in [0.1, 0.15) is 22.6 Å². The maximum Gasteiger partial charge on any atom is 0.225 e. The van der Waals surface area contributed by atoms with E-state index in [2.05, 4.69) is 11.4 Å². The topological polar surface area (TPSA) is 71.3 Å². The molecule has 2 aromatic rings. The molecular weight excluding hydrogens is 348 g/mol. The van der Waals surface area contributed by atoms with Crippen LogP contribution in [-0.4, -0.2) is 20.1 Å². The Labute approximate surface area is 157 Å². The van der Waals surface area contributed by atoms with Gasteiger partial charge in [-0.1, -0.05) is 0 Å². The molecule has 136 valence electrons. The maximum absolute atomic E-state index is 12.4. The largest absolute Gasteiger partial charge is 0.497 e. The number of rotatable bonds is 6. The fourth-order valence-corrected chi connectivity index (χ4v) is 4.54. The zero-order valence-corrected chi connectivity index (χ0v) is 15.9. The van der Waals surface area contributed by atoms with Crippen molar-refractivity contribution in [3.05, 3.63) is 39.8 Å². The van der Waals surface area contributed by atoms with Gasteiger partial charge < -0.3 is 14.8 Å². The van der Waals surface area contributed by atoms with Gasteiger partial charge in [0.05, 0.1) is 19.8 Å². The highest BCUT2D eigenvalue weighted by molar-refractivity contribution is 7.16. The van der Waals surface area contributed by atoms with Gasteiger partial charge in [0.2, 0.25) is 5.91 Å². The van der Waals surface area contributed by atoms with Crippen LogP contribution in [0.3, 0.4) is 0 Å². The summed E-state index contributed by atoms with van der Waals surface area (Å²) >= 11 is 1.55. The highest BCUT2D eigenvalue weighted by Crippen LogP contribution is 2.37. The lowest BCUT2D eigenvalue weighted by atomic mass is 9.96. The fraction of sp³-hybridized carbons (Fsp3) is 0.400. The Balaban J connectivity index is 1.69. The second-order valence-corrected chi connectivity index (χ2v) is 7.36. The normalized spacial score (nSPS) is 12.8. The van der Waals surface area contributed by atoms with Crippen LogP contribution in [0.2, 0.25) is 0 Å². The van der Waals surface area contributed by atoms with Gasteiger partial charge in [-0.2, -0.15) is 5.26 Å². The summed E-state index contributed by atoms with van der Waals surface area (Å²) in [5.41, 5.74) is 2.71. The fourth-order valence-electron chi connectivity index (χ4n) is 3.29. The van der Waals surface area contributed by atoms with E-state index in [1.165, 1.54) is 4.88 Å². The highest BCUT2D eigenvalue weighted by atomic mass is 32.1. The summed E-state index contributed by atoms with van der Waals surface area (Å²) in [5, 5.41) is 13.1. The molecule has 0 fully saturated rings. The van der Waals surface area contributed by atoms with Crippen molar-refractivity contribution in [2.45, 2.75) is 38.5 Å². The van der Waals surface area contributed by atoms with Crippen molar-refractivity contribution in [1.29, 1.82) is 5.26 Å². The molecule has 0 radical (unpaired) electrons. The molecule has 1 aromatic heterocycles. The molecular formula is C20H22N2O3S. The van der Waals surface area contributed by atoms with E-state index in [1.807, 2.05) is 18.2 Å². The van der Waals surface area contributed by atoms with Crippen LogP contribution in [0.1, 0.15) is 40.8 Å². The first-order valence-corrected chi connectivity index (χ1v) is 9.53. The first-order valence-electron chi connectivity index (χ1n) is 8.71. The number of amides is 1. The average Bonchev–Trinajstić information content (AvgIpc) is 3.02. The van der Waals surface area contributed by atoms with E-state index in [0.717, 1.165) is 48.3 Å². The molecule has 6 heteroatoms. The summed E-state index contributed by atoms with van der Waals surface area (Å²) in [6.07, 6.45) is 5.07. The number of hydrogen-bond donors (Lipinski definition) is 1. The number of methoxy groups -OCH3 is 2. The number of ether oxygens (including phenoxy) is 2. The van der Waals surface area contributed by atoms with Gasteiger partial charge >= 0.3 is 0 Å². The van der Waals surface area contributed by atoms with Crippen LogP contribution < -0.4 is 14.8 Å². The van der Waals surface area contributed by atoms with Crippen LogP contribution in [0.4, 0.5) is 5.00 Å². The van der Waals surface area contributed by atoms with Gasteiger partial charge in [-0.3, -0.25) is 4.79 Å². The van der Waals surface area contributed by atoms with Crippen molar-refractivity contribution in [2.24, 2.45) is 0 Å². The number of nitrogens with zero attached hydrogens (tertiary/aromatic N) is 1. The van der Waals surface area contributed by atoms with Gasteiger partial charge in [-0.25, -0.2) is 0 Å². The third-order valence-corrected chi connectivity index (χ3v) is 5.85. The number of nitrogens with one attached hydrogen (secondary N) is 1. The first-order chi connectivity index (χ1) is 12.7. The summed E-state index contributed by atoms with van der Waals surface area (Å²) in [6.45, 7) is 0. The summed E-state index contributed by atoms with van der Waals surface area (Å²) in [4.78, 5) is 13.7. The Morgan fingerprint density at radius 3 is 2.81 bits per heavy atom. The summed E-state index contributed by atoms with van der Waals surface area (Å²) in [6, 6.07) is 7.83. The third kappa shape index (κ3) is 3.83. The molecule has 5 nitrogen and oxygen atoms in total. The maximum atomic E-state index is 12.4. The molecule has 1 aliphatic rings. The van der Waals surface area contributed by atoms with Crippen molar-refractivity contribution in [2.75, 3.05) is 19.5 Å². The predicted octanol–water partition coefficient (Wildman–Crippen LogP) is 4.09. The zero-order valence-electron chi connectivity index (χ0n) is 15.1. The Morgan fingerprint density at radius 2 is 2.08 bits per heavy atom. The van der Waals surface area contributed by atoms with E-state index >= 15 is 0 Å². The number of aryl methyl sites for hydroxylation is 2. The van der Waals surface area contributed by atoms with Crippen LogP contribution in [0.15, 0.2) is 18.2 Å². The van der Waals surface area contributed by atoms with Crippen LogP contribution >= 0.6 is 11.3 Å². The van der Waals surface area contributed by atoms with Crippen molar-refractivity contribution < 1.29 is 14.3 Å². The molecule has 0 aliphatic heterocycles. The smallest absolute Gasteiger partial charge is 0.225 e. The summed E-state index contributed by atoms with van der Waals surface area (Å²) in [5.74, 6) is 1.38. The van der Waals surface area contributed by atoms with Crippen LogP contribution in [0.5, 0.6) is 11.5 Å². The molecule has 0 saturated heterocycles. The lowest BCUT2D eigenvalue weighted by molar-refractivity contribution is -0.116. The second-order valence-electron chi connectivity index (χ2n) is 6.25. The van der Waals surface area contributed by atoms with Crippen LogP contribution in [0, 0.1) is 11.3 Å². The molecule has 1 heterocycles. The first kappa shape index (κ1) is 18.3. The zero-order chi connectivity index (χ0) is 18.5. The molecule has 0 unspecified atom stereocenters. The van der Waals surface area contributed by atoms with Crippen molar-refractivity contribution in [3.8, 4) is 17.6 Å². The number of benzene rings is 1. The average molecular weight is 370 g/mol. The van der Waals surface area contributed by atoms with Crippen LogP contribution in [-0.2, 0) is 24.1 Å².